The second-order valence-corrected chi connectivity index (χ2v) is 9.05. The average Bonchev–Trinajstić information content (AvgIpc) is 2.84. The Morgan fingerprint density at radius 1 is 0.848 bits per heavy atom. The quantitative estimate of drug-likeness (QED) is 0.236. The summed E-state index contributed by atoms with van der Waals surface area (Å²) < 4.78 is 0. The Labute approximate surface area is 199 Å². The van der Waals surface area contributed by atoms with Gasteiger partial charge in [-0.2, -0.15) is 0 Å². The van der Waals surface area contributed by atoms with Gasteiger partial charge in [0.25, 0.3) is 0 Å². The van der Waals surface area contributed by atoms with Crippen LogP contribution in [0.5, 0.6) is 0 Å². The SMILES string of the molecule is CC=CC1=CC2C(N=C1)N(CCNCCNCCO)CCN2CCN1CCN(CCO)CC1. The molecule has 2 atom stereocenters. The van der Waals surface area contributed by atoms with Gasteiger partial charge in [0.15, 0.2) is 0 Å². The van der Waals surface area contributed by atoms with E-state index in [9.17, 15) is 0 Å². The Balaban J connectivity index is 1.48. The summed E-state index contributed by atoms with van der Waals surface area (Å²) in [5.74, 6) is 0. The van der Waals surface area contributed by atoms with Crippen molar-refractivity contribution >= 4 is 6.21 Å². The zero-order valence-corrected chi connectivity index (χ0v) is 20.4. The van der Waals surface area contributed by atoms with Crippen molar-refractivity contribution in [3.8, 4) is 0 Å². The highest BCUT2D eigenvalue weighted by atomic mass is 16.3. The van der Waals surface area contributed by atoms with Gasteiger partial charge < -0.3 is 20.8 Å². The van der Waals surface area contributed by atoms with Crippen LogP contribution < -0.4 is 10.6 Å². The fourth-order valence-corrected chi connectivity index (χ4v) is 4.89. The predicted octanol–water partition coefficient (Wildman–Crippen LogP) is -1.33. The first-order valence-corrected chi connectivity index (χ1v) is 12.7. The van der Waals surface area contributed by atoms with Crippen molar-refractivity contribution in [3.05, 3.63) is 23.8 Å². The van der Waals surface area contributed by atoms with Crippen molar-refractivity contribution in [2.75, 3.05) is 105 Å². The molecule has 0 aromatic carbocycles. The van der Waals surface area contributed by atoms with E-state index in [4.69, 9.17) is 15.2 Å². The number of allylic oxidation sites excluding steroid dienone is 3. The molecule has 9 nitrogen and oxygen atoms in total. The maximum Gasteiger partial charge on any atom is 0.121 e. The monoisotopic (exact) mass is 463 g/mol. The van der Waals surface area contributed by atoms with Crippen LogP contribution in [0, 0.1) is 0 Å². The molecule has 3 aliphatic heterocycles. The Morgan fingerprint density at radius 2 is 1.55 bits per heavy atom. The van der Waals surface area contributed by atoms with Gasteiger partial charge >= 0.3 is 0 Å². The minimum Gasteiger partial charge on any atom is -0.395 e. The fraction of sp³-hybridized carbons (Fsp3) is 0.792. The van der Waals surface area contributed by atoms with Gasteiger partial charge in [0, 0.05) is 97.8 Å². The van der Waals surface area contributed by atoms with Crippen LogP contribution in [0.15, 0.2) is 28.8 Å². The van der Waals surface area contributed by atoms with Crippen LogP contribution in [0.3, 0.4) is 0 Å². The Hall–Kier alpha value is -1.17. The molecule has 2 unspecified atom stereocenters. The van der Waals surface area contributed by atoms with Gasteiger partial charge in [-0.15, -0.1) is 0 Å². The van der Waals surface area contributed by atoms with Gasteiger partial charge in [0.05, 0.1) is 19.3 Å². The minimum absolute atomic E-state index is 0.184. The number of nitrogens with zero attached hydrogens (tertiary/aromatic N) is 5. The van der Waals surface area contributed by atoms with E-state index in [0.29, 0.717) is 12.6 Å². The first-order chi connectivity index (χ1) is 16.2. The van der Waals surface area contributed by atoms with Gasteiger partial charge in [0.2, 0.25) is 0 Å². The summed E-state index contributed by atoms with van der Waals surface area (Å²) in [5, 5.41) is 24.7. The molecule has 0 spiro atoms. The van der Waals surface area contributed by atoms with E-state index in [-0.39, 0.29) is 19.4 Å². The van der Waals surface area contributed by atoms with Crippen molar-refractivity contribution in [3.63, 3.8) is 0 Å². The van der Waals surface area contributed by atoms with E-state index in [1.165, 1.54) is 5.57 Å². The molecule has 0 aliphatic carbocycles. The second kappa shape index (κ2) is 15.0. The summed E-state index contributed by atoms with van der Waals surface area (Å²) in [4.78, 5) is 15.0. The average molecular weight is 464 g/mol. The molecule has 3 rings (SSSR count). The Kier molecular flexibility index (Phi) is 12.0. The van der Waals surface area contributed by atoms with Crippen LogP contribution in [0.4, 0.5) is 0 Å². The number of aliphatic hydroxyl groups excluding tert-OH is 2. The summed E-state index contributed by atoms with van der Waals surface area (Å²) in [7, 11) is 0. The number of β-amino-alcohol motifs (C(OH)–C–C–N with tert-alkyl or cyclic N) is 1. The maximum atomic E-state index is 9.16. The van der Waals surface area contributed by atoms with Gasteiger partial charge in [-0.05, 0) is 12.5 Å². The van der Waals surface area contributed by atoms with Crippen LogP contribution in [0.2, 0.25) is 0 Å². The van der Waals surface area contributed by atoms with Gasteiger partial charge in [-0.25, -0.2) is 0 Å². The lowest BCUT2D eigenvalue weighted by molar-refractivity contribution is 0.0326. The van der Waals surface area contributed by atoms with Crippen molar-refractivity contribution in [1.29, 1.82) is 0 Å². The molecule has 0 aromatic rings. The molecular formula is C24H45N7O2. The summed E-state index contributed by atoms with van der Waals surface area (Å²) in [6.07, 6.45) is 8.85. The highest BCUT2D eigenvalue weighted by molar-refractivity contribution is 5.83. The highest BCUT2D eigenvalue weighted by Crippen LogP contribution is 2.24. The second-order valence-electron chi connectivity index (χ2n) is 9.05. The Morgan fingerprint density at radius 3 is 2.24 bits per heavy atom. The van der Waals surface area contributed by atoms with Gasteiger partial charge in [0.1, 0.15) is 6.17 Å². The molecule has 188 valence electrons. The Bertz CT molecular complexity index is 634. The van der Waals surface area contributed by atoms with Crippen LogP contribution in [-0.2, 0) is 0 Å². The molecule has 2 fully saturated rings. The molecular weight excluding hydrogens is 418 g/mol. The molecule has 2 saturated heterocycles. The molecule has 0 aromatic heterocycles. The van der Waals surface area contributed by atoms with Gasteiger partial charge in [-0.1, -0.05) is 18.2 Å². The number of aliphatic imine (C=N–C) groups is 1. The molecule has 3 aliphatic rings. The maximum absolute atomic E-state index is 9.16. The van der Waals surface area contributed by atoms with Crippen molar-refractivity contribution in [2.24, 2.45) is 4.99 Å². The molecule has 4 N–H and O–H groups in total. The first kappa shape index (κ1) is 26.4. The van der Waals surface area contributed by atoms with Crippen LogP contribution >= 0.6 is 0 Å². The third-order valence-electron chi connectivity index (χ3n) is 6.80. The first-order valence-electron chi connectivity index (χ1n) is 12.7. The lowest BCUT2D eigenvalue weighted by atomic mass is 10.0. The third kappa shape index (κ3) is 8.52. The van der Waals surface area contributed by atoms with Crippen LogP contribution in [0.25, 0.3) is 0 Å². The minimum atomic E-state index is 0.184. The summed E-state index contributed by atoms with van der Waals surface area (Å²) >= 11 is 0. The smallest absolute Gasteiger partial charge is 0.121 e. The zero-order valence-electron chi connectivity index (χ0n) is 20.4. The number of fused-ring (bicyclic) bond motifs is 1. The fourth-order valence-electron chi connectivity index (χ4n) is 4.89. The normalized spacial score (nSPS) is 25.6. The zero-order chi connectivity index (χ0) is 23.3. The summed E-state index contributed by atoms with van der Waals surface area (Å²) in [5.41, 5.74) is 1.20. The number of hydrogen-bond donors (Lipinski definition) is 4. The highest BCUT2D eigenvalue weighted by Gasteiger charge is 2.36. The van der Waals surface area contributed by atoms with E-state index < -0.39 is 0 Å². The molecule has 0 amide bonds. The molecule has 33 heavy (non-hydrogen) atoms. The molecule has 0 radical (unpaired) electrons. The van der Waals surface area contributed by atoms with E-state index in [2.05, 4.69) is 55.4 Å². The summed E-state index contributed by atoms with van der Waals surface area (Å²) in [6.45, 7) is 16.2. The molecule has 0 bridgehead atoms. The van der Waals surface area contributed by atoms with E-state index >= 15 is 0 Å². The number of piperazine rings is 2. The number of nitrogens with one attached hydrogen (secondary N) is 2. The van der Waals surface area contributed by atoms with E-state index in [0.717, 1.165) is 85.1 Å². The van der Waals surface area contributed by atoms with E-state index in [1.807, 2.05) is 6.21 Å². The standard InChI is InChI=1S/C24H45N7O2/c1-2-3-22-20-23-24(27-21-22)31(8-6-25-4-5-26-7-18-32)16-15-30(23)14-13-28-9-11-29(12-10-28)17-19-33/h2-3,20-21,23-26,32-33H,4-19H2,1H3. The number of dihydropyridines is 1. The molecule has 0 saturated carbocycles. The predicted molar refractivity (Wildman–Crippen MR) is 135 cm³/mol. The molecule has 9 heteroatoms. The largest absolute Gasteiger partial charge is 0.395 e. The number of rotatable bonds is 14. The topological polar surface area (TPSA) is 89.8 Å². The van der Waals surface area contributed by atoms with Crippen LogP contribution in [-0.4, -0.2) is 153 Å². The third-order valence-corrected chi connectivity index (χ3v) is 6.80. The van der Waals surface area contributed by atoms with Crippen molar-refractivity contribution in [2.45, 2.75) is 19.1 Å². The summed E-state index contributed by atoms with van der Waals surface area (Å²) in [6, 6.07) is 0.317. The van der Waals surface area contributed by atoms with Crippen LogP contribution in [0.1, 0.15) is 6.92 Å². The van der Waals surface area contributed by atoms with E-state index in [1.54, 1.807) is 0 Å². The number of hydrogen-bond acceptors (Lipinski definition) is 9. The van der Waals surface area contributed by atoms with Crippen molar-refractivity contribution in [1.82, 2.24) is 30.2 Å². The lowest BCUT2D eigenvalue weighted by Gasteiger charge is -2.47. The van der Waals surface area contributed by atoms with Crippen molar-refractivity contribution < 1.29 is 10.2 Å². The van der Waals surface area contributed by atoms with Gasteiger partial charge in [-0.3, -0.25) is 24.6 Å². The molecule has 3 heterocycles. The number of aliphatic hydroxyl groups is 2. The lowest BCUT2D eigenvalue weighted by Crippen LogP contribution is -2.61.